The number of piperazine rings is 1. The van der Waals surface area contributed by atoms with Crippen LogP contribution < -0.4 is 5.32 Å². The van der Waals surface area contributed by atoms with Crippen LogP contribution in [0.5, 0.6) is 0 Å². The van der Waals surface area contributed by atoms with Crippen LogP contribution in [0.1, 0.15) is 36.3 Å². The van der Waals surface area contributed by atoms with Crippen molar-refractivity contribution in [2.75, 3.05) is 46.8 Å². The van der Waals surface area contributed by atoms with Gasteiger partial charge in [0.15, 0.2) is 0 Å². The summed E-state index contributed by atoms with van der Waals surface area (Å²) in [6.07, 6.45) is 4.55. The van der Waals surface area contributed by atoms with Gasteiger partial charge in [0, 0.05) is 37.4 Å². The van der Waals surface area contributed by atoms with Gasteiger partial charge in [-0.05, 0) is 40.0 Å². The van der Waals surface area contributed by atoms with Gasteiger partial charge in [-0.25, -0.2) is 4.98 Å². The van der Waals surface area contributed by atoms with Gasteiger partial charge in [0.25, 0.3) is 0 Å². The molecule has 0 aromatic carbocycles. The van der Waals surface area contributed by atoms with Crippen LogP contribution in [0.25, 0.3) is 0 Å². The zero-order valence-electron chi connectivity index (χ0n) is 12.0. The Hall–Kier alpha value is -0.910. The second-order valence-corrected chi connectivity index (χ2v) is 6.07. The number of likely N-dealkylation sites (N-methyl/N-ethyl adjacent to an activating group) is 1. The van der Waals surface area contributed by atoms with Crippen LogP contribution in [0, 0.1) is 0 Å². The van der Waals surface area contributed by atoms with E-state index in [1.165, 1.54) is 31.6 Å². The van der Waals surface area contributed by atoms with E-state index in [0.29, 0.717) is 12.0 Å². The molecule has 1 aromatic heterocycles. The molecule has 1 aromatic rings. The maximum absolute atomic E-state index is 4.61. The molecule has 0 saturated carbocycles. The lowest BCUT2D eigenvalue weighted by Crippen LogP contribution is -2.44. The molecular weight excluding hydrogens is 238 g/mol. The Morgan fingerprint density at radius 1 is 1.16 bits per heavy atom. The number of aromatic amines is 1. The summed E-state index contributed by atoms with van der Waals surface area (Å²) < 4.78 is 0. The number of nitrogens with one attached hydrogen (secondary N) is 2. The molecule has 3 heterocycles. The van der Waals surface area contributed by atoms with Gasteiger partial charge in [0.05, 0.1) is 6.04 Å². The highest BCUT2D eigenvalue weighted by molar-refractivity contribution is 5.11. The topological polar surface area (TPSA) is 47.2 Å². The first-order valence-electron chi connectivity index (χ1n) is 7.37. The van der Waals surface area contributed by atoms with Gasteiger partial charge in [-0.15, -0.1) is 0 Å². The summed E-state index contributed by atoms with van der Waals surface area (Å²) in [6, 6.07) is 0.360. The number of imidazole rings is 1. The Bertz CT molecular complexity index is 408. The summed E-state index contributed by atoms with van der Waals surface area (Å²) in [7, 11) is 4.38. The third-order valence-corrected chi connectivity index (χ3v) is 4.48. The van der Waals surface area contributed by atoms with Crippen LogP contribution in [0.2, 0.25) is 0 Å². The standard InChI is InChI=1S/C14H25N5/c1-18-6-3-11(4-7-18)12-9-16-14(17-12)13-10-19(2)8-5-15-13/h9,11,13,15H,3-8,10H2,1-2H3,(H,16,17). The lowest BCUT2D eigenvalue weighted by Gasteiger charge is -2.30. The Labute approximate surface area is 115 Å². The van der Waals surface area contributed by atoms with Crippen LogP contribution in [0.3, 0.4) is 0 Å². The van der Waals surface area contributed by atoms with Crippen molar-refractivity contribution in [3.8, 4) is 0 Å². The Balaban J connectivity index is 1.65. The van der Waals surface area contributed by atoms with Crippen LogP contribution in [0.15, 0.2) is 6.20 Å². The van der Waals surface area contributed by atoms with Crippen LogP contribution in [-0.2, 0) is 0 Å². The van der Waals surface area contributed by atoms with Gasteiger partial charge in [0.1, 0.15) is 5.82 Å². The number of hydrogen-bond donors (Lipinski definition) is 2. The smallest absolute Gasteiger partial charge is 0.124 e. The van der Waals surface area contributed by atoms with Crippen molar-refractivity contribution in [2.24, 2.45) is 0 Å². The summed E-state index contributed by atoms with van der Waals surface area (Å²) in [4.78, 5) is 12.9. The lowest BCUT2D eigenvalue weighted by atomic mass is 9.94. The fourth-order valence-corrected chi connectivity index (χ4v) is 3.14. The van der Waals surface area contributed by atoms with Crippen LogP contribution >= 0.6 is 0 Å². The number of aromatic nitrogens is 2. The third-order valence-electron chi connectivity index (χ3n) is 4.48. The summed E-state index contributed by atoms with van der Waals surface area (Å²) in [5.74, 6) is 1.78. The number of likely N-dealkylation sites (tertiary alicyclic amines) is 1. The largest absolute Gasteiger partial charge is 0.344 e. The van der Waals surface area contributed by atoms with Crippen molar-refractivity contribution >= 4 is 0 Å². The normalized spacial score (nSPS) is 27.8. The van der Waals surface area contributed by atoms with Crippen molar-refractivity contribution < 1.29 is 0 Å². The number of H-pyrrole nitrogens is 1. The SMILES string of the molecule is CN1CCC(c2cnc(C3CN(C)CCN3)[nH]2)CC1. The fourth-order valence-electron chi connectivity index (χ4n) is 3.14. The van der Waals surface area contributed by atoms with Gasteiger partial charge < -0.3 is 20.1 Å². The molecule has 0 aliphatic carbocycles. The van der Waals surface area contributed by atoms with Crippen LogP contribution in [-0.4, -0.2) is 66.6 Å². The number of rotatable bonds is 2. The van der Waals surface area contributed by atoms with E-state index >= 15 is 0 Å². The number of hydrogen-bond acceptors (Lipinski definition) is 4. The lowest BCUT2D eigenvalue weighted by molar-refractivity contribution is 0.235. The highest BCUT2D eigenvalue weighted by Crippen LogP contribution is 2.27. The van der Waals surface area contributed by atoms with Gasteiger partial charge in [0.2, 0.25) is 0 Å². The molecule has 1 atom stereocenters. The molecule has 106 valence electrons. The summed E-state index contributed by atoms with van der Waals surface area (Å²) in [5.41, 5.74) is 1.33. The number of piperidine rings is 1. The molecule has 2 fully saturated rings. The minimum absolute atomic E-state index is 0.360. The molecule has 0 spiro atoms. The van der Waals surface area contributed by atoms with Crippen molar-refractivity contribution in [1.82, 2.24) is 25.1 Å². The van der Waals surface area contributed by atoms with Gasteiger partial charge in [-0.1, -0.05) is 0 Å². The molecule has 2 aliphatic rings. The summed E-state index contributed by atoms with van der Waals surface area (Å²) >= 11 is 0. The molecule has 3 rings (SSSR count). The Morgan fingerprint density at radius 2 is 1.95 bits per heavy atom. The predicted molar refractivity (Wildman–Crippen MR) is 76.3 cm³/mol. The van der Waals surface area contributed by atoms with Crippen molar-refractivity contribution in [3.63, 3.8) is 0 Å². The average molecular weight is 263 g/mol. The maximum atomic E-state index is 4.61. The average Bonchev–Trinajstić information content (AvgIpc) is 2.89. The molecule has 0 amide bonds. The second-order valence-electron chi connectivity index (χ2n) is 6.07. The van der Waals surface area contributed by atoms with Crippen molar-refractivity contribution in [2.45, 2.75) is 24.8 Å². The highest BCUT2D eigenvalue weighted by atomic mass is 15.2. The quantitative estimate of drug-likeness (QED) is 0.828. The predicted octanol–water partition coefficient (Wildman–Crippen LogP) is 0.795. The van der Waals surface area contributed by atoms with E-state index in [2.05, 4.69) is 45.4 Å². The first-order chi connectivity index (χ1) is 9.22. The Morgan fingerprint density at radius 3 is 2.68 bits per heavy atom. The minimum Gasteiger partial charge on any atom is -0.344 e. The van der Waals surface area contributed by atoms with Crippen LogP contribution in [0.4, 0.5) is 0 Å². The van der Waals surface area contributed by atoms with Gasteiger partial charge >= 0.3 is 0 Å². The van der Waals surface area contributed by atoms with Gasteiger partial charge in [-0.2, -0.15) is 0 Å². The van der Waals surface area contributed by atoms with E-state index < -0.39 is 0 Å². The molecule has 1 unspecified atom stereocenters. The Kier molecular flexibility index (Phi) is 3.86. The van der Waals surface area contributed by atoms with E-state index in [-0.39, 0.29) is 0 Å². The summed E-state index contributed by atoms with van der Waals surface area (Å²) in [6.45, 7) is 5.61. The first-order valence-corrected chi connectivity index (χ1v) is 7.37. The molecule has 5 nitrogen and oxygen atoms in total. The monoisotopic (exact) mass is 263 g/mol. The van der Waals surface area contributed by atoms with Crippen molar-refractivity contribution in [3.05, 3.63) is 17.7 Å². The van der Waals surface area contributed by atoms with E-state index in [1.807, 2.05) is 0 Å². The molecule has 0 bridgehead atoms. The molecule has 19 heavy (non-hydrogen) atoms. The molecular formula is C14H25N5. The third kappa shape index (κ3) is 2.99. The van der Waals surface area contributed by atoms with Gasteiger partial charge in [-0.3, -0.25) is 0 Å². The summed E-state index contributed by atoms with van der Waals surface area (Å²) in [5, 5.41) is 3.55. The molecule has 0 radical (unpaired) electrons. The van der Waals surface area contributed by atoms with E-state index in [1.54, 1.807) is 0 Å². The molecule has 2 aliphatic heterocycles. The first kappa shape index (κ1) is 13.1. The van der Waals surface area contributed by atoms with E-state index in [4.69, 9.17) is 0 Å². The number of nitrogens with zero attached hydrogens (tertiary/aromatic N) is 3. The molecule has 2 saturated heterocycles. The van der Waals surface area contributed by atoms with E-state index in [0.717, 1.165) is 25.5 Å². The zero-order valence-corrected chi connectivity index (χ0v) is 12.0. The second kappa shape index (κ2) is 5.61. The maximum Gasteiger partial charge on any atom is 0.124 e. The molecule has 2 N–H and O–H groups in total. The highest BCUT2D eigenvalue weighted by Gasteiger charge is 2.24. The van der Waals surface area contributed by atoms with Crippen molar-refractivity contribution in [1.29, 1.82) is 0 Å². The zero-order chi connectivity index (χ0) is 13.2. The van der Waals surface area contributed by atoms with E-state index in [9.17, 15) is 0 Å². The molecule has 5 heteroatoms. The minimum atomic E-state index is 0.360. The fraction of sp³-hybridized carbons (Fsp3) is 0.786.